The zero-order valence-corrected chi connectivity index (χ0v) is 12.0. The number of para-hydroxylation sites is 2. The minimum Gasteiger partial charge on any atom is -0.491 e. The lowest BCUT2D eigenvalue weighted by Crippen LogP contribution is -2.40. The molecule has 1 saturated heterocycles. The molecule has 0 atom stereocenters. The Bertz CT molecular complexity index is 419. The SMILES string of the molecule is c1ccc2c(c1)OCCCN2CCNC1CCOCC1. The summed E-state index contributed by atoms with van der Waals surface area (Å²) in [6.07, 6.45) is 3.37. The third-order valence-electron chi connectivity index (χ3n) is 4.07. The van der Waals surface area contributed by atoms with Crippen molar-refractivity contribution in [2.75, 3.05) is 44.4 Å². The highest BCUT2D eigenvalue weighted by molar-refractivity contribution is 5.58. The quantitative estimate of drug-likeness (QED) is 0.912. The number of fused-ring (bicyclic) bond motifs is 1. The van der Waals surface area contributed by atoms with Gasteiger partial charge in [-0.25, -0.2) is 0 Å². The van der Waals surface area contributed by atoms with Crippen molar-refractivity contribution in [2.24, 2.45) is 0 Å². The van der Waals surface area contributed by atoms with Crippen molar-refractivity contribution in [3.8, 4) is 5.75 Å². The second-order valence-electron chi connectivity index (χ2n) is 5.50. The summed E-state index contributed by atoms with van der Waals surface area (Å²) in [7, 11) is 0. The maximum atomic E-state index is 5.80. The van der Waals surface area contributed by atoms with Crippen molar-refractivity contribution < 1.29 is 9.47 Å². The van der Waals surface area contributed by atoms with Gasteiger partial charge in [-0.05, 0) is 31.4 Å². The smallest absolute Gasteiger partial charge is 0.142 e. The fourth-order valence-corrected chi connectivity index (χ4v) is 2.94. The van der Waals surface area contributed by atoms with Gasteiger partial charge in [0.05, 0.1) is 12.3 Å². The van der Waals surface area contributed by atoms with E-state index < -0.39 is 0 Å². The Hall–Kier alpha value is -1.26. The molecule has 0 amide bonds. The van der Waals surface area contributed by atoms with Crippen LogP contribution in [0.1, 0.15) is 19.3 Å². The molecule has 0 radical (unpaired) electrons. The Morgan fingerprint density at radius 3 is 2.90 bits per heavy atom. The van der Waals surface area contributed by atoms with Gasteiger partial charge < -0.3 is 19.7 Å². The number of hydrogen-bond acceptors (Lipinski definition) is 4. The van der Waals surface area contributed by atoms with Crippen molar-refractivity contribution >= 4 is 5.69 Å². The van der Waals surface area contributed by atoms with Gasteiger partial charge in [0.1, 0.15) is 5.75 Å². The normalized spacial score (nSPS) is 20.1. The average molecular weight is 276 g/mol. The number of hydrogen-bond donors (Lipinski definition) is 1. The first-order valence-corrected chi connectivity index (χ1v) is 7.71. The minimum absolute atomic E-state index is 0.627. The van der Waals surface area contributed by atoms with Crippen LogP contribution in [0, 0.1) is 0 Å². The molecule has 1 N–H and O–H groups in total. The molecular formula is C16H24N2O2. The molecular weight excluding hydrogens is 252 g/mol. The first-order chi connectivity index (χ1) is 9.93. The van der Waals surface area contributed by atoms with Crippen molar-refractivity contribution in [3.05, 3.63) is 24.3 Å². The van der Waals surface area contributed by atoms with Gasteiger partial charge >= 0.3 is 0 Å². The topological polar surface area (TPSA) is 33.7 Å². The molecule has 0 saturated carbocycles. The average Bonchev–Trinajstić information content (AvgIpc) is 2.71. The zero-order chi connectivity index (χ0) is 13.6. The summed E-state index contributed by atoms with van der Waals surface area (Å²) in [5, 5.41) is 3.66. The van der Waals surface area contributed by atoms with E-state index in [1.165, 1.54) is 5.69 Å². The summed E-state index contributed by atoms with van der Waals surface area (Å²) in [6, 6.07) is 8.99. The maximum Gasteiger partial charge on any atom is 0.142 e. The molecule has 1 aromatic rings. The van der Waals surface area contributed by atoms with Crippen LogP contribution < -0.4 is 15.0 Å². The third-order valence-corrected chi connectivity index (χ3v) is 4.07. The Balaban J connectivity index is 1.54. The highest BCUT2D eigenvalue weighted by atomic mass is 16.5. The van der Waals surface area contributed by atoms with Gasteiger partial charge in [0.15, 0.2) is 0 Å². The molecule has 4 nitrogen and oxygen atoms in total. The maximum absolute atomic E-state index is 5.80. The van der Waals surface area contributed by atoms with Crippen molar-refractivity contribution in [2.45, 2.75) is 25.3 Å². The molecule has 0 bridgehead atoms. The Kier molecular flexibility index (Phi) is 4.77. The molecule has 0 unspecified atom stereocenters. The van der Waals surface area contributed by atoms with Gasteiger partial charge in [-0.1, -0.05) is 12.1 Å². The number of benzene rings is 1. The van der Waals surface area contributed by atoms with E-state index in [0.29, 0.717) is 6.04 Å². The first-order valence-electron chi connectivity index (χ1n) is 7.71. The lowest BCUT2D eigenvalue weighted by atomic mass is 10.1. The number of anilines is 1. The Labute approximate surface area is 121 Å². The van der Waals surface area contributed by atoms with Crippen LogP contribution in [0.15, 0.2) is 24.3 Å². The van der Waals surface area contributed by atoms with Crippen molar-refractivity contribution in [1.29, 1.82) is 0 Å². The summed E-state index contributed by atoms with van der Waals surface area (Å²) in [6.45, 7) is 5.76. The molecule has 0 aliphatic carbocycles. The Morgan fingerprint density at radius 1 is 1.15 bits per heavy atom. The number of rotatable bonds is 4. The molecule has 110 valence electrons. The van der Waals surface area contributed by atoms with Gasteiger partial charge in [-0.15, -0.1) is 0 Å². The van der Waals surface area contributed by atoms with Crippen LogP contribution in [0.3, 0.4) is 0 Å². The predicted molar refractivity (Wildman–Crippen MR) is 80.6 cm³/mol. The van der Waals surface area contributed by atoms with Crippen LogP contribution in [0.25, 0.3) is 0 Å². The van der Waals surface area contributed by atoms with E-state index in [-0.39, 0.29) is 0 Å². The number of nitrogens with one attached hydrogen (secondary N) is 1. The lowest BCUT2D eigenvalue weighted by Gasteiger charge is -2.27. The van der Waals surface area contributed by atoms with E-state index >= 15 is 0 Å². The van der Waals surface area contributed by atoms with Gasteiger partial charge in [-0.2, -0.15) is 0 Å². The highest BCUT2D eigenvalue weighted by Gasteiger charge is 2.17. The second-order valence-corrected chi connectivity index (χ2v) is 5.50. The van der Waals surface area contributed by atoms with Crippen LogP contribution in [0.5, 0.6) is 5.75 Å². The lowest BCUT2D eigenvalue weighted by molar-refractivity contribution is 0.0783. The van der Waals surface area contributed by atoms with Crippen LogP contribution in [-0.2, 0) is 4.74 Å². The molecule has 2 aliphatic rings. The molecule has 1 aromatic carbocycles. The summed E-state index contributed by atoms with van der Waals surface area (Å²) >= 11 is 0. The van der Waals surface area contributed by atoms with E-state index in [9.17, 15) is 0 Å². The number of nitrogens with zero attached hydrogens (tertiary/aromatic N) is 1. The zero-order valence-electron chi connectivity index (χ0n) is 12.0. The van der Waals surface area contributed by atoms with Crippen LogP contribution in [0.4, 0.5) is 5.69 Å². The summed E-state index contributed by atoms with van der Waals surface area (Å²) in [4.78, 5) is 2.44. The van der Waals surface area contributed by atoms with Crippen LogP contribution in [-0.4, -0.2) is 45.5 Å². The fourth-order valence-electron chi connectivity index (χ4n) is 2.94. The fraction of sp³-hybridized carbons (Fsp3) is 0.625. The van der Waals surface area contributed by atoms with Gasteiger partial charge in [0.25, 0.3) is 0 Å². The molecule has 3 rings (SSSR count). The van der Waals surface area contributed by atoms with E-state index in [1.54, 1.807) is 0 Å². The number of ether oxygens (including phenoxy) is 2. The monoisotopic (exact) mass is 276 g/mol. The molecule has 2 aliphatic heterocycles. The Morgan fingerprint density at radius 2 is 2.00 bits per heavy atom. The van der Waals surface area contributed by atoms with Crippen LogP contribution >= 0.6 is 0 Å². The van der Waals surface area contributed by atoms with Gasteiger partial charge in [0.2, 0.25) is 0 Å². The van der Waals surface area contributed by atoms with E-state index in [0.717, 1.165) is 64.5 Å². The molecule has 0 spiro atoms. The standard InChI is InChI=1S/C16H24N2O2/c1-2-5-16-15(4-1)18(9-3-11-20-16)10-8-17-14-6-12-19-13-7-14/h1-2,4-5,14,17H,3,6-13H2. The molecule has 2 heterocycles. The minimum atomic E-state index is 0.627. The highest BCUT2D eigenvalue weighted by Crippen LogP contribution is 2.29. The largest absolute Gasteiger partial charge is 0.491 e. The summed E-state index contributed by atoms with van der Waals surface area (Å²) in [5.41, 5.74) is 1.23. The molecule has 20 heavy (non-hydrogen) atoms. The van der Waals surface area contributed by atoms with E-state index in [4.69, 9.17) is 9.47 Å². The van der Waals surface area contributed by atoms with Gasteiger partial charge in [0, 0.05) is 38.9 Å². The van der Waals surface area contributed by atoms with Crippen molar-refractivity contribution in [3.63, 3.8) is 0 Å². The predicted octanol–water partition coefficient (Wildman–Crippen LogP) is 2.04. The van der Waals surface area contributed by atoms with Crippen molar-refractivity contribution in [1.82, 2.24) is 5.32 Å². The second kappa shape index (κ2) is 6.95. The summed E-state index contributed by atoms with van der Waals surface area (Å²) < 4.78 is 11.2. The first kappa shape index (κ1) is 13.7. The molecule has 4 heteroatoms. The molecule has 1 fully saturated rings. The third kappa shape index (κ3) is 3.44. The molecule has 0 aromatic heterocycles. The summed E-state index contributed by atoms with van der Waals surface area (Å²) in [5.74, 6) is 1.02. The van der Waals surface area contributed by atoms with Gasteiger partial charge in [-0.3, -0.25) is 0 Å². The van der Waals surface area contributed by atoms with Crippen LogP contribution in [0.2, 0.25) is 0 Å². The van der Waals surface area contributed by atoms with E-state index in [1.807, 2.05) is 6.07 Å². The van der Waals surface area contributed by atoms with E-state index in [2.05, 4.69) is 28.4 Å².